The number of nitrogens with one attached hydrogen (secondary N) is 2. The maximum atomic E-state index is 12.8. The lowest BCUT2D eigenvalue weighted by Crippen LogP contribution is -2.33. The molecule has 1 aromatic carbocycles. The molecular weight excluding hydrogens is 338 g/mol. The third-order valence-electron chi connectivity index (χ3n) is 5.72. The fourth-order valence-corrected chi connectivity index (χ4v) is 4.15. The van der Waals surface area contributed by atoms with Gasteiger partial charge >= 0.3 is 0 Å². The van der Waals surface area contributed by atoms with Gasteiger partial charge in [-0.2, -0.15) is 0 Å². The number of rotatable bonds is 6. The minimum atomic E-state index is -0.0498. The molecule has 1 aliphatic carbocycles. The van der Waals surface area contributed by atoms with E-state index in [1.807, 2.05) is 25.1 Å². The summed E-state index contributed by atoms with van der Waals surface area (Å²) in [6.07, 6.45) is 9.94. The molecule has 27 heavy (non-hydrogen) atoms. The monoisotopic (exact) mass is 371 g/mol. The first-order valence-corrected chi connectivity index (χ1v) is 10.7. The molecule has 5 nitrogen and oxygen atoms in total. The predicted octanol–water partition coefficient (Wildman–Crippen LogP) is 4.34. The van der Waals surface area contributed by atoms with Crippen molar-refractivity contribution in [1.82, 2.24) is 5.32 Å². The Kier molecular flexibility index (Phi) is 7.13. The molecule has 0 atom stereocenters. The highest BCUT2D eigenvalue weighted by Crippen LogP contribution is 2.29. The van der Waals surface area contributed by atoms with Crippen LogP contribution in [0.3, 0.4) is 0 Å². The number of hydrogen-bond donors (Lipinski definition) is 2. The number of hydrogen-bond acceptors (Lipinski definition) is 3. The first-order chi connectivity index (χ1) is 13.2. The molecule has 1 aromatic rings. The van der Waals surface area contributed by atoms with Crippen LogP contribution in [0.15, 0.2) is 18.2 Å². The van der Waals surface area contributed by atoms with Crippen molar-refractivity contribution in [3.63, 3.8) is 0 Å². The molecular formula is C22H33N3O2. The average Bonchev–Trinajstić information content (AvgIpc) is 2.73. The standard InChI is InChI=1S/C22H33N3O2/c1-2-13-23-22(27)19-16-18(24-21(26)17-9-5-3-6-10-17)11-12-20(19)25-14-7-4-8-15-25/h11-12,16-17H,2-10,13-15H2,1H3,(H,23,27)(H,24,26). The number of nitrogens with zero attached hydrogens (tertiary/aromatic N) is 1. The van der Waals surface area contributed by atoms with Gasteiger partial charge in [-0.15, -0.1) is 0 Å². The smallest absolute Gasteiger partial charge is 0.253 e. The van der Waals surface area contributed by atoms with Gasteiger partial charge in [-0.1, -0.05) is 26.2 Å². The van der Waals surface area contributed by atoms with Gasteiger partial charge in [-0.05, 0) is 56.7 Å². The van der Waals surface area contributed by atoms with Crippen LogP contribution in [0.4, 0.5) is 11.4 Å². The molecule has 2 fully saturated rings. The van der Waals surface area contributed by atoms with Crippen LogP contribution in [0.5, 0.6) is 0 Å². The van der Waals surface area contributed by atoms with Crippen molar-refractivity contribution >= 4 is 23.2 Å². The van der Waals surface area contributed by atoms with Gasteiger partial charge in [0.25, 0.3) is 5.91 Å². The van der Waals surface area contributed by atoms with E-state index in [1.165, 1.54) is 12.8 Å². The van der Waals surface area contributed by atoms with Gasteiger partial charge < -0.3 is 15.5 Å². The maximum Gasteiger partial charge on any atom is 0.253 e. The van der Waals surface area contributed by atoms with E-state index in [0.29, 0.717) is 12.1 Å². The normalized spacial score (nSPS) is 18.2. The van der Waals surface area contributed by atoms with Gasteiger partial charge in [-0.25, -0.2) is 0 Å². The summed E-state index contributed by atoms with van der Waals surface area (Å²) < 4.78 is 0. The van der Waals surface area contributed by atoms with E-state index in [0.717, 1.165) is 69.4 Å². The van der Waals surface area contributed by atoms with Crippen molar-refractivity contribution in [2.24, 2.45) is 5.92 Å². The van der Waals surface area contributed by atoms with Crippen LogP contribution in [-0.2, 0) is 4.79 Å². The lowest BCUT2D eigenvalue weighted by Gasteiger charge is -2.30. The zero-order chi connectivity index (χ0) is 19.1. The summed E-state index contributed by atoms with van der Waals surface area (Å²) in [5.74, 6) is 0.157. The van der Waals surface area contributed by atoms with Crippen LogP contribution in [-0.4, -0.2) is 31.4 Å². The molecule has 2 amide bonds. The average molecular weight is 372 g/mol. The van der Waals surface area contributed by atoms with Gasteiger partial charge in [0.05, 0.1) is 5.56 Å². The van der Waals surface area contributed by atoms with Crippen molar-refractivity contribution < 1.29 is 9.59 Å². The molecule has 1 saturated heterocycles. The lowest BCUT2D eigenvalue weighted by atomic mass is 9.88. The van der Waals surface area contributed by atoms with E-state index in [-0.39, 0.29) is 17.7 Å². The molecule has 1 saturated carbocycles. The van der Waals surface area contributed by atoms with Gasteiger partial charge in [0, 0.05) is 36.9 Å². The van der Waals surface area contributed by atoms with E-state index in [2.05, 4.69) is 15.5 Å². The molecule has 1 aliphatic heterocycles. The Morgan fingerprint density at radius 2 is 1.74 bits per heavy atom. The summed E-state index contributed by atoms with van der Waals surface area (Å²) >= 11 is 0. The Balaban J connectivity index is 1.78. The molecule has 2 aliphatic rings. The largest absolute Gasteiger partial charge is 0.371 e. The molecule has 1 heterocycles. The Morgan fingerprint density at radius 3 is 2.44 bits per heavy atom. The Labute approximate surface area is 162 Å². The highest BCUT2D eigenvalue weighted by molar-refractivity contribution is 6.02. The van der Waals surface area contributed by atoms with Crippen LogP contribution in [0.25, 0.3) is 0 Å². The SMILES string of the molecule is CCCNC(=O)c1cc(NC(=O)C2CCCCC2)ccc1N1CCCCC1. The Morgan fingerprint density at radius 1 is 1.04 bits per heavy atom. The lowest BCUT2D eigenvalue weighted by molar-refractivity contribution is -0.120. The van der Waals surface area contributed by atoms with Crippen molar-refractivity contribution in [3.8, 4) is 0 Å². The van der Waals surface area contributed by atoms with Crippen LogP contribution in [0.1, 0.15) is 75.1 Å². The number of anilines is 2. The number of benzene rings is 1. The number of carbonyl (C=O) groups excluding carboxylic acids is 2. The first kappa shape index (κ1) is 19.7. The van der Waals surface area contributed by atoms with E-state index in [9.17, 15) is 9.59 Å². The third kappa shape index (κ3) is 5.24. The fraction of sp³-hybridized carbons (Fsp3) is 0.636. The van der Waals surface area contributed by atoms with Gasteiger partial charge in [0.15, 0.2) is 0 Å². The summed E-state index contributed by atoms with van der Waals surface area (Å²) in [4.78, 5) is 27.6. The van der Waals surface area contributed by atoms with E-state index in [1.54, 1.807) is 0 Å². The number of amides is 2. The second kappa shape index (κ2) is 9.77. The highest BCUT2D eigenvalue weighted by Gasteiger charge is 2.23. The summed E-state index contributed by atoms with van der Waals surface area (Å²) in [6, 6.07) is 5.81. The summed E-state index contributed by atoms with van der Waals surface area (Å²) in [6.45, 7) is 4.69. The van der Waals surface area contributed by atoms with Crippen LogP contribution in [0.2, 0.25) is 0 Å². The Bertz CT molecular complexity index is 647. The van der Waals surface area contributed by atoms with Crippen molar-refractivity contribution in [2.45, 2.75) is 64.7 Å². The Hall–Kier alpha value is -2.04. The summed E-state index contributed by atoms with van der Waals surface area (Å²) in [5, 5.41) is 6.05. The first-order valence-electron chi connectivity index (χ1n) is 10.7. The second-order valence-electron chi connectivity index (χ2n) is 7.86. The van der Waals surface area contributed by atoms with Crippen LogP contribution in [0, 0.1) is 5.92 Å². The van der Waals surface area contributed by atoms with Crippen LogP contribution < -0.4 is 15.5 Å². The fourth-order valence-electron chi connectivity index (χ4n) is 4.15. The van der Waals surface area contributed by atoms with Gasteiger partial charge in [-0.3, -0.25) is 9.59 Å². The molecule has 3 rings (SSSR count). The molecule has 0 unspecified atom stereocenters. The topological polar surface area (TPSA) is 61.4 Å². The van der Waals surface area contributed by atoms with Gasteiger partial charge in [0.1, 0.15) is 0 Å². The van der Waals surface area contributed by atoms with E-state index >= 15 is 0 Å². The predicted molar refractivity (Wildman–Crippen MR) is 110 cm³/mol. The minimum absolute atomic E-state index is 0.0498. The van der Waals surface area contributed by atoms with Crippen molar-refractivity contribution in [1.29, 1.82) is 0 Å². The quantitative estimate of drug-likeness (QED) is 0.782. The molecule has 2 N–H and O–H groups in total. The number of piperidine rings is 1. The molecule has 0 radical (unpaired) electrons. The zero-order valence-corrected chi connectivity index (χ0v) is 16.6. The molecule has 5 heteroatoms. The highest BCUT2D eigenvalue weighted by atomic mass is 16.2. The zero-order valence-electron chi connectivity index (χ0n) is 16.6. The molecule has 0 spiro atoms. The maximum absolute atomic E-state index is 12.8. The van der Waals surface area contributed by atoms with Crippen molar-refractivity contribution in [2.75, 3.05) is 29.9 Å². The summed E-state index contributed by atoms with van der Waals surface area (Å²) in [7, 11) is 0. The van der Waals surface area contributed by atoms with E-state index < -0.39 is 0 Å². The molecule has 0 aromatic heterocycles. The van der Waals surface area contributed by atoms with E-state index in [4.69, 9.17) is 0 Å². The van der Waals surface area contributed by atoms with Crippen LogP contribution >= 0.6 is 0 Å². The second-order valence-corrected chi connectivity index (χ2v) is 7.86. The molecule has 0 bridgehead atoms. The third-order valence-corrected chi connectivity index (χ3v) is 5.72. The summed E-state index contributed by atoms with van der Waals surface area (Å²) in [5.41, 5.74) is 2.39. The number of carbonyl (C=O) groups is 2. The van der Waals surface area contributed by atoms with Gasteiger partial charge in [0.2, 0.25) is 5.91 Å². The van der Waals surface area contributed by atoms with Crippen molar-refractivity contribution in [3.05, 3.63) is 23.8 Å². The minimum Gasteiger partial charge on any atom is -0.371 e. The molecule has 148 valence electrons.